The maximum atomic E-state index is 11.6. The molecule has 1 aromatic heterocycles. The van der Waals surface area contributed by atoms with Gasteiger partial charge >= 0.3 is 0 Å². The van der Waals surface area contributed by atoms with Crippen LogP contribution in [0.5, 0.6) is 0 Å². The molecule has 0 aliphatic carbocycles. The predicted octanol–water partition coefficient (Wildman–Crippen LogP) is -0.0477. The highest BCUT2D eigenvalue weighted by Gasteiger charge is 2.07. The summed E-state index contributed by atoms with van der Waals surface area (Å²) in [5, 5.41) is 5.86. The average Bonchev–Trinajstić information content (AvgIpc) is 2.26. The first-order valence-electron chi connectivity index (χ1n) is 5.47. The maximum Gasteiger partial charge on any atom is 0.238 e. The molecule has 0 fully saturated rings. The fourth-order valence-corrected chi connectivity index (χ4v) is 1.31. The highest BCUT2D eigenvalue weighted by Crippen LogP contribution is 2.17. The number of amides is 1. The monoisotopic (exact) mass is 237 g/mol. The summed E-state index contributed by atoms with van der Waals surface area (Å²) in [7, 11) is 3.69. The minimum atomic E-state index is -0.0706. The van der Waals surface area contributed by atoms with Crippen LogP contribution in [0.3, 0.4) is 0 Å². The summed E-state index contributed by atoms with van der Waals surface area (Å²) in [6.07, 6.45) is 1.67. The van der Waals surface area contributed by atoms with E-state index in [1.807, 2.05) is 14.1 Å². The van der Waals surface area contributed by atoms with Gasteiger partial charge in [0.1, 0.15) is 5.82 Å². The molecule has 0 radical (unpaired) electrons. The number of nitrogens with two attached hydrogens (primary N) is 1. The summed E-state index contributed by atoms with van der Waals surface area (Å²) in [4.78, 5) is 17.6. The fraction of sp³-hybridized carbons (Fsp3) is 0.455. The number of pyridine rings is 1. The van der Waals surface area contributed by atoms with Gasteiger partial charge in [-0.3, -0.25) is 4.79 Å². The van der Waals surface area contributed by atoms with Gasteiger partial charge in [-0.2, -0.15) is 0 Å². The lowest BCUT2D eigenvalue weighted by Gasteiger charge is -2.13. The number of nitrogens with zero attached hydrogens (tertiary/aromatic N) is 2. The molecular weight excluding hydrogens is 218 g/mol. The number of anilines is 2. The Labute approximate surface area is 101 Å². The smallest absolute Gasteiger partial charge is 0.238 e. The lowest BCUT2D eigenvalue weighted by atomic mass is 10.3. The molecule has 94 valence electrons. The number of aromatic nitrogens is 1. The molecule has 1 heterocycles. The molecule has 0 aliphatic heterocycles. The zero-order valence-electron chi connectivity index (χ0n) is 10.2. The number of carbonyl (C=O) groups is 1. The van der Waals surface area contributed by atoms with Crippen LogP contribution in [0.1, 0.15) is 0 Å². The van der Waals surface area contributed by atoms with E-state index in [1.165, 1.54) is 0 Å². The van der Waals surface area contributed by atoms with Crippen LogP contribution in [0, 0.1) is 0 Å². The van der Waals surface area contributed by atoms with E-state index in [-0.39, 0.29) is 5.91 Å². The lowest BCUT2D eigenvalue weighted by molar-refractivity contribution is -0.116. The molecule has 1 rings (SSSR count). The van der Waals surface area contributed by atoms with Gasteiger partial charge < -0.3 is 21.3 Å². The Hall–Kier alpha value is -1.66. The first kappa shape index (κ1) is 13.4. The zero-order chi connectivity index (χ0) is 12.7. The molecule has 6 nitrogen and oxygen atoms in total. The van der Waals surface area contributed by atoms with Crippen molar-refractivity contribution in [3.05, 3.63) is 18.3 Å². The highest BCUT2D eigenvalue weighted by atomic mass is 16.2. The standard InChI is InChI=1S/C11H19N5O/c1-16(2)8-10(17)15-9-4-3-6-13-11(9)14-7-5-12/h3-4,6H,5,7-8,12H2,1-2H3,(H,13,14)(H,15,17). The van der Waals surface area contributed by atoms with Crippen molar-refractivity contribution in [1.29, 1.82) is 0 Å². The quantitative estimate of drug-likeness (QED) is 0.646. The molecule has 0 unspecified atom stereocenters. The molecule has 17 heavy (non-hydrogen) atoms. The molecule has 0 bridgehead atoms. The number of likely N-dealkylation sites (N-methyl/N-ethyl adjacent to an activating group) is 1. The van der Waals surface area contributed by atoms with E-state index in [1.54, 1.807) is 23.2 Å². The van der Waals surface area contributed by atoms with Crippen LogP contribution in [-0.2, 0) is 4.79 Å². The van der Waals surface area contributed by atoms with Crippen molar-refractivity contribution >= 4 is 17.4 Å². The van der Waals surface area contributed by atoms with Gasteiger partial charge in [-0.1, -0.05) is 0 Å². The van der Waals surface area contributed by atoms with E-state index in [0.717, 1.165) is 0 Å². The second-order valence-electron chi connectivity index (χ2n) is 3.90. The molecule has 0 saturated carbocycles. The SMILES string of the molecule is CN(C)CC(=O)Nc1cccnc1NCCN. The van der Waals surface area contributed by atoms with Gasteiger partial charge in [0.05, 0.1) is 12.2 Å². The van der Waals surface area contributed by atoms with Crippen molar-refractivity contribution in [3.63, 3.8) is 0 Å². The number of carbonyl (C=O) groups excluding carboxylic acids is 1. The van der Waals surface area contributed by atoms with Crippen molar-refractivity contribution in [1.82, 2.24) is 9.88 Å². The van der Waals surface area contributed by atoms with Gasteiger partial charge in [-0.25, -0.2) is 4.98 Å². The highest BCUT2D eigenvalue weighted by molar-refractivity contribution is 5.94. The van der Waals surface area contributed by atoms with Crippen LogP contribution in [0.15, 0.2) is 18.3 Å². The van der Waals surface area contributed by atoms with E-state index in [2.05, 4.69) is 15.6 Å². The number of rotatable bonds is 6. The van der Waals surface area contributed by atoms with E-state index >= 15 is 0 Å². The minimum Gasteiger partial charge on any atom is -0.367 e. The lowest BCUT2D eigenvalue weighted by Crippen LogP contribution is -2.27. The summed E-state index contributed by atoms with van der Waals surface area (Å²) >= 11 is 0. The van der Waals surface area contributed by atoms with E-state index in [0.29, 0.717) is 31.1 Å². The summed E-state index contributed by atoms with van der Waals surface area (Å²) < 4.78 is 0. The Morgan fingerprint density at radius 2 is 2.29 bits per heavy atom. The van der Waals surface area contributed by atoms with Crippen molar-refractivity contribution in [3.8, 4) is 0 Å². The number of hydrogen-bond acceptors (Lipinski definition) is 5. The zero-order valence-corrected chi connectivity index (χ0v) is 10.2. The second kappa shape index (κ2) is 6.82. The van der Waals surface area contributed by atoms with Crippen LogP contribution >= 0.6 is 0 Å². The molecule has 0 saturated heterocycles. The second-order valence-corrected chi connectivity index (χ2v) is 3.90. The van der Waals surface area contributed by atoms with Gasteiger partial charge in [0.2, 0.25) is 5.91 Å². The van der Waals surface area contributed by atoms with E-state index in [9.17, 15) is 4.79 Å². The van der Waals surface area contributed by atoms with Crippen LogP contribution in [-0.4, -0.2) is 49.5 Å². The first-order valence-corrected chi connectivity index (χ1v) is 5.47. The summed E-state index contributed by atoms with van der Waals surface area (Å²) in [5.74, 6) is 0.573. The molecule has 0 spiro atoms. The van der Waals surface area contributed by atoms with Crippen LogP contribution in [0.25, 0.3) is 0 Å². The molecule has 0 atom stereocenters. The van der Waals surface area contributed by atoms with Crippen LogP contribution in [0.4, 0.5) is 11.5 Å². The Kier molecular flexibility index (Phi) is 5.38. The topological polar surface area (TPSA) is 83.3 Å². The third-order valence-corrected chi connectivity index (χ3v) is 1.98. The Bertz CT molecular complexity index is 367. The van der Waals surface area contributed by atoms with Crippen LogP contribution < -0.4 is 16.4 Å². The van der Waals surface area contributed by atoms with Gasteiger partial charge in [0.15, 0.2) is 0 Å². The predicted molar refractivity (Wildman–Crippen MR) is 69.0 cm³/mol. The van der Waals surface area contributed by atoms with Crippen molar-refractivity contribution in [2.45, 2.75) is 0 Å². The van der Waals surface area contributed by atoms with Gasteiger partial charge in [-0.15, -0.1) is 0 Å². The van der Waals surface area contributed by atoms with Crippen molar-refractivity contribution in [2.75, 3.05) is 44.4 Å². The van der Waals surface area contributed by atoms with Crippen molar-refractivity contribution in [2.24, 2.45) is 5.73 Å². The summed E-state index contributed by atoms with van der Waals surface area (Å²) in [5.41, 5.74) is 6.08. The first-order chi connectivity index (χ1) is 8.13. The van der Waals surface area contributed by atoms with E-state index in [4.69, 9.17) is 5.73 Å². The number of hydrogen-bond donors (Lipinski definition) is 3. The van der Waals surface area contributed by atoms with Gasteiger partial charge in [-0.05, 0) is 26.2 Å². The molecule has 1 aromatic rings. The molecule has 0 aromatic carbocycles. The summed E-state index contributed by atoms with van der Waals surface area (Å²) in [6.45, 7) is 1.47. The average molecular weight is 237 g/mol. The maximum absolute atomic E-state index is 11.6. The van der Waals surface area contributed by atoms with Crippen molar-refractivity contribution < 1.29 is 4.79 Å². The molecular formula is C11H19N5O. The van der Waals surface area contributed by atoms with Crippen LogP contribution in [0.2, 0.25) is 0 Å². The van der Waals surface area contributed by atoms with E-state index < -0.39 is 0 Å². The minimum absolute atomic E-state index is 0.0706. The molecule has 6 heteroatoms. The fourth-order valence-electron chi connectivity index (χ4n) is 1.31. The van der Waals surface area contributed by atoms with Gasteiger partial charge in [0.25, 0.3) is 0 Å². The largest absolute Gasteiger partial charge is 0.367 e. The Balaban J connectivity index is 2.65. The molecule has 4 N–H and O–H groups in total. The Morgan fingerprint density at radius 1 is 1.53 bits per heavy atom. The normalized spacial score (nSPS) is 10.4. The third-order valence-electron chi connectivity index (χ3n) is 1.98. The third kappa shape index (κ3) is 4.80. The summed E-state index contributed by atoms with van der Waals surface area (Å²) in [6, 6.07) is 3.58. The Morgan fingerprint density at radius 3 is 2.94 bits per heavy atom. The van der Waals surface area contributed by atoms with Gasteiger partial charge in [0, 0.05) is 19.3 Å². The molecule has 1 amide bonds. The number of nitrogens with one attached hydrogen (secondary N) is 2. The molecule has 0 aliphatic rings.